The first kappa shape index (κ1) is 19.9. The molecule has 0 spiro atoms. The highest BCUT2D eigenvalue weighted by Crippen LogP contribution is 2.24. The van der Waals surface area contributed by atoms with Crippen LogP contribution in [0.25, 0.3) is 0 Å². The van der Waals surface area contributed by atoms with Crippen molar-refractivity contribution in [3.8, 4) is 0 Å². The van der Waals surface area contributed by atoms with Crippen LogP contribution in [0.3, 0.4) is 0 Å². The zero-order chi connectivity index (χ0) is 17.8. The van der Waals surface area contributed by atoms with Crippen molar-refractivity contribution < 1.29 is 19.7 Å². The average Bonchev–Trinajstić information content (AvgIpc) is 2.79. The van der Waals surface area contributed by atoms with Crippen LogP contribution >= 0.6 is 0 Å². The molecule has 1 fully saturated rings. The van der Waals surface area contributed by atoms with E-state index in [9.17, 15) is 19.7 Å². The second-order valence-corrected chi connectivity index (χ2v) is 7.63. The summed E-state index contributed by atoms with van der Waals surface area (Å²) in [6.45, 7) is 7.40. The highest BCUT2D eigenvalue weighted by Gasteiger charge is 2.41. The van der Waals surface area contributed by atoms with E-state index in [1.54, 1.807) is 6.82 Å². The summed E-state index contributed by atoms with van der Waals surface area (Å²) in [5.41, 5.74) is 5.61. The van der Waals surface area contributed by atoms with Gasteiger partial charge < -0.3 is 26.5 Å². The van der Waals surface area contributed by atoms with Gasteiger partial charge in [0.2, 0.25) is 5.91 Å². The Morgan fingerprint density at radius 2 is 2.04 bits per heavy atom. The highest BCUT2D eigenvalue weighted by molar-refractivity contribution is 6.48. The summed E-state index contributed by atoms with van der Waals surface area (Å²) in [6.07, 6.45) is 1.96. The van der Waals surface area contributed by atoms with Gasteiger partial charge in [0, 0.05) is 18.5 Å². The Labute approximate surface area is 138 Å². The molecule has 7 nitrogen and oxygen atoms in total. The van der Waals surface area contributed by atoms with Gasteiger partial charge in [-0.2, -0.15) is 0 Å². The zero-order valence-electron chi connectivity index (χ0n) is 14.5. The number of hydrogen-bond donors (Lipinski definition) is 5. The van der Waals surface area contributed by atoms with E-state index in [0.29, 0.717) is 25.7 Å². The van der Waals surface area contributed by atoms with E-state index >= 15 is 0 Å². The first-order valence-corrected chi connectivity index (χ1v) is 8.24. The van der Waals surface area contributed by atoms with Crippen molar-refractivity contribution in [1.29, 1.82) is 0 Å². The molecule has 0 aromatic rings. The second kappa shape index (κ2) is 8.12. The van der Waals surface area contributed by atoms with Crippen LogP contribution in [0.4, 0.5) is 0 Å². The predicted molar refractivity (Wildman–Crippen MR) is 90.2 cm³/mol. The Hall–Kier alpha value is -1.12. The Kier molecular flexibility index (Phi) is 7.04. The number of carbonyl (C=O) groups is 2. The molecule has 132 valence electrons. The van der Waals surface area contributed by atoms with Crippen molar-refractivity contribution in [1.82, 2.24) is 10.6 Å². The lowest BCUT2D eigenvalue weighted by molar-refractivity contribution is -0.140. The van der Waals surface area contributed by atoms with Gasteiger partial charge in [0.05, 0.1) is 6.04 Å². The van der Waals surface area contributed by atoms with Gasteiger partial charge in [-0.25, -0.2) is 0 Å². The molecule has 1 saturated heterocycles. The summed E-state index contributed by atoms with van der Waals surface area (Å²) in [5, 5.41) is 24.6. The first-order chi connectivity index (χ1) is 10.5. The van der Waals surface area contributed by atoms with Crippen LogP contribution < -0.4 is 16.4 Å². The molecule has 6 N–H and O–H groups in total. The quantitative estimate of drug-likeness (QED) is 0.416. The van der Waals surface area contributed by atoms with Crippen LogP contribution in [0.1, 0.15) is 33.6 Å². The van der Waals surface area contributed by atoms with E-state index in [1.807, 2.05) is 20.8 Å². The van der Waals surface area contributed by atoms with E-state index in [-0.39, 0.29) is 23.3 Å². The smallest absolute Gasteiger partial charge is 0.321 e. The molecule has 0 saturated carbocycles. The molecule has 1 aliphatic rings. The van der Waals surface area contributed by atoms with Gasteiger partial charge in [-0.15, -0.1) is 0 Å². The normalized spacial score (nSPS) is 25.9. The second-order valence-electron chi connectivity index (χ2n) is 7.63. The largest absolute Gasteiger partial charge is 0.480 e. The van der Waals surface area contributed by atoms with Crippen molar-refractivity contribution in [3.05, 3.63) is 0 Å². The third-order valence-corrected chi connectivity index (χ3v) is 4.47. The van der Waals surface area contributed by atoms with Crippen LogP contribution in [-0.4, -0.2) is 53.6 Å². The van der Waals surface area contributed by atoms with Gasteiger partial charge in [0.1, 0.15) is 6.04 Å². The SMILES string of the molecule is CB(O)CCCC1C(NC(=O)C(N)C(C)(C)C)CNC1C(=O)O. The van der Waals surface area contributed by atoms with Gasteiger partial charge in [-0.1, -0.05) is 34.0 Å². The van der Waals surface area contributed by atoms with Crippen LogP contribution in [0.5, 0.6) is 0 Å². The summed E-state index contributed by atoms with van der Waals surface area (Å²) in [6, 6.07) is -1.59. The van der Waals surface area contributed by atoms with Crippen molar-refractivity contribution in [2.75, 3.05) is 6.54 Å². The maximum absolute atomic E-state index is 12.3. The van der Waals surface area contributed by atoms with Gasteiger partial charge in [0.15, 0.2) is 0 Å². The Morgan fingerprint density at radius 3 is 2.52 bits per heavy atom. The van der Waals surface area contributed by atoms with Gasteiger partial charge in [0.25, 0.3) is 6.92 Å². The Bertz CT molecular complexity index is 425. The van der Waals surface area contributed by atoms with Gasteiger partial charge >= 0.3 is 5.97 Å². The first-order valence-electron chi connectivity index (χ1n) is 8.24. The molecule has 8 heteroatoms. The number of hydrogen-bond acceptors (Lipinski definition) is 5. The molecule has 4 atom stereocenters. The molecule has 23 heavy (non-hydrogen) atoms. The van der Waals surface area contributed by atoms with Crippen molar-refractivity contribution in [3.63, 3.8) is 0 Å². The highest BCUT2D eigenvalue weighted by atomic mass is 16.4. The van der Waals surface area contributed by atoms with Crippen molar-refractivity contribution in [2.24, 2.45) is 17.1 Å². The molecular weight excluding hydrogens is 297 g/mol. The number of carboxylic acid groups (broad SMARTS) is 1. The molecule has 1 rings (SSSR count). The van der Waals surface area contributed by atoms with E-state index in [1.165, 1.54) is 0 Å². The van der Waals surface area contributed by atoms with Crippen LogP contribution in [0, 0.1) is 11.3 Å². The van der Waals surface area contributed by atoms with Crippen molar-refractivity contribution in [2.45, 2.75) is 64.9 Å². The van der Waals surface area contributed by atoms with Crippen LogP contribution in [0.15, 0.2) is 0 Å². The summed E-state index contributed by atoms with van der Waals surface area (Å²) in [5.74, 6) is -1.37. The van der Waals surface area contributed by atoms with Crippen molar-refractivity contribution >= 4 is 18.8 Å². The van der Waals surface area contributed by atoms with Gasteiger partial charge in [-0.05, 0) is 18.2 Å². The van der Waals surface area contributed by atoms with Gasteiger partial charge in [-0.3, -0.25) is 9.59 Å². The van der Waals surface area contributed by atoms with E-state index in [4.69, 9.17) is 5.73 Å². The third-order valence-electron chi connectivity index (χ3n) is 4.47. The Balaban J connectivity index is 2.71. The molecular formula is C15H30BN3O4. The maximum atomic E-state index is 12.3. The standard InChI is InChI=1S/C15H30BN3O4/c1-15(2,3)12(17)13(20)19-10-8-18-11(14(21)22)9(10)6-5-7-16(4)23/h9-12,18,23H,5-8,17H2,1-4H3,(H,19,20)(H,21,22). The molecule has 0 aliphatic carbocycles. The number of aliphatic carboxylic acids is 1. The molecule has 0 bridgehead atoms. The molecule has 4 unspecified atom stereocenters. The monoisotopic (exact) mass is 327 g/mol. The summed E-state index contributed by atoms with van der Waals surface area (Å²) in [4.78, 5) is 23.7. The minimum atomic E-state index is -0.913. The molecule has 0 aromatic heterocycles. The summed E-state index contributed by atoms with van der Waals surface area (Å²) >= 11 is 0. The minimum Gasteiger partial charge on any atom is -0.480 e. The number of amides is 1. The molecule has 0 aromatic carbocycles. The summed E-state index contributed by atoms with van der Waals surface area (Å²) < 4.78 is 0. The minimum absolute atomic E-state index is 0.206. The Morgan fingerprint density at radius 1 is 1.43 bits per heavy atom. The fourth-order valence-electron chi connectivity index (χ4n) is 2.90. The topological polar surface area (TPSA) is 125 Å². The lowest BCUT2D eigenvalue weighted by atomic mass is 9.66. The molecule has 1 aliphatic heterocycles. The van der Waals surface area contributed by atoms with E-state index in [2.05, 4.69) is 10.6 Å². The number of rotatable bonds is 7. The molecule has 0 radical (unpaired) electrons. The van der Waals surface area contributed by atoms with Crippen LogP contribution in [-0.2, 0) is 9.59 Å². The lowest BCUT2D eigenvalue weighted by Gasteiger charge is -2.29. The predicted octanol–water partition coefficient (Wildman–Crippen LogP) is -0.0890. The molecule has 1 heterocycles. The number of nitrogens with one attached hydrogen (secondary N) is 2. The summed E-state index contributed by atoms with van der Waals surface area (Å²) in [7, 11) is 0. The average molecular weight is 327 g/mol. The number of nitrogens with two attached hydrogens (primary N) is 1. The fourth-order valence-corrected chi connectivity index (χ4v) is 2.90. The molecule has 1 amide bonds. The maximum Gasteiger partial charge on any atom is 0.321 e. The lowest BCUT2D eigenvalue weighted by Crippen LogP contribution is -2.53. The van der Waals surface area contributed by atoms with Crippen LogP contribution in [0.2, 0.25) is 13.1 Å². The number of carboxylic acids is 1. The zero-order valence-corrected chi connectivity index (χ0v) is 14.5. The van der Waals surface area contributed by atoms with E-state index < -0.39 is 25.0 Å². The fraction of sp³-hybridized carbons (Fsp3) is 0.867. The third kappa shape index (κ3) is 5.78. The van der Waals surface area contributed by atoms with E-state index in [0.717, 1.165) is 0 Å². The number of carbonyl (C=O) groups excluding carboxylic acids is 1.